The van der Waals surface area contributed by atoms with Crippen LogP contribution >= 0.6 is 0 Å². The van der Waals surface area contributed by atoms with Crippen LogP contribution < -0.4 is 10.9 Å². The number of aromatic nitrogens is 1. The highest BCUT2D eigenvalue weighted by atomic mass is 16.5. The molecule has 1 aliphatic heterocycles. The van der Waals surface area contributed by atoms with Gasteiger partial charge in [-0.25, -0.2) is 10.9 Å². The number of hydrogen-bond acceptors (Lipinski definition) is 4. The molecule has 76 valence electrons. The first-order chi connectivity index (χ1) is 6.81. The summed E-state index contributed by atoms with van der Waals surface area (Å²) < 4.78 is 4.65. The smallest absolute Gasteiger partial charge is 0.324 e. The molecule has 1 fully saturated rings. The Labute approximate surface area is 81.8 Å². The number of carbonyl (C=O) groups excluding carboxylic acids is 1. The highest BCUT2D eigenvalue weighted by Gasteiger charge is 2.30. The number of methoxy groups -OCH3 is 1. The molecule has 0 amide bonds. The first-order valence-electron chi connectivity index (χ1n) is 4.53. The van der Waals surface area contributed by atoms with Crippen LogP contribution in [0.5, 0.6) is 0 Å². The van der Waals surface area contributed by atoms with Gasteiger partial charge >= 0.3 is 5.97 Å². The van der Waals surface area contributed by atoms with Gasteiger partial charge in [-0.3, -0.25) is 4.79 Å². The first-order valence-corrected chi connectivity index (χ1v) is 4.53. The number of rotatable bonds is 2. The Morgan fingerprint density at radius 1 is 1.57 bits per heavy atom. The van der Waals surface area contributed by atoms with Gasteiger partial charge in [0.2, 0.25) is 0 Å². The summed E-state index contributed by atoms with van der Waals surface area (Å²) in [6, 6.07) is 3.81. The Hall–Kier alpha value is -1.33. The third-order valence-electron chi connectivity index (χ3n) is 2.39. The zero-order chi connectivity index (χ0) is 9.97. The van der Waals surface area contributed by atoms with Crippen molar-refractivity contribution in [3.63, 3.8) is 0 Å². The van der Waals surface area contributed by atoms with E-state index in [-0.39, 0.29) is 18.1 Å². The van der Waals surface area contributed by atoms with Crippen molar-refractivity contribution in [1.29, 1.82) is 0 Å². The number of nitrogens with one attached hydrogen (secondary N) is 3. The predicted molar refractivity (Wildman–Crippen MR) is 50.2 cm³/mol. The topological polar surface area (TPSA) is 66.2 Å². The van der Waals surface area contributed by atoms with Gasteiger partial charge in [-0.15, -0.1) is 0 Å². The minimum absolute atomic E-state index is 0.147. The van der Waals surface area contributed by atoms with Crippen LogP contribution in [0.3, 0.4) is 0 Å². The monoisotopic (exact) mass is 195 g/mol. The van der Waals surface area contributed by atoms with E-state index >= 15 is 0 Å². The average molecular weight is 195 g/mol. The van der Waals surface area contributed by atoms with Gasteiger partial charge in [0.25, 0.3) is 0 Å². The molecule has 1 aromatic heterocycles. The highest BCUT2D eigenvalue weighted by Crippen LogP contribution is 2.20. The Morgan fingerprint density at radius 2 is 2.43 bits per heavy atom. The minimum Gasteiger partial charge on any atom is -0.468 e. The van der Waals surface area contributed by atoms with E-state index in [0.29, 0.717) is 6.42 Å². The maximum absolute atomic E-state index is 11.2. The fourth-order valence-electron chi connectivity index (χ4n) is 1.62. The van der Waals surface area contributed by atoms with Gasteiger partial charge < -0.3 is 9.72 Å². The fraction of sp³-hybridized carbons (Fsp3) is 0.444. The number of H-pyrrole nitrogens is 1. The van der Waals surface area contributed by atoms with Crippen molar-refractivity contribution in [2.24, 2.45) is 0 Å². The summed E-state index contributed by atoms with van der Waals surface area (Å²) in [5, 5.41) is 0. The molecule has 1 aliphatic rings. The second-order valence-corrected chi connectivity index (χ2v) is 3.28. The lowest BCUT2D eigenvalue weighted by atomic mass is 10.1. The number of esters is 1. The zero-order valence-electron chi connectivity index (χ0n) is 7.91. The van der Waals surface area contributed by atoms with Crippen LogP contribution in [0.15, 0.2) is 18.3 Å². The molecule has 0 spiro atoms. The SMILES string of the molecule is COC(=O)C1CC(c2ccc[nH]2)NN1. The van der Waals surface area contributed by atoms with Crippen LogP contribution in [-0.4, -0.2) is 24.1 Å². The van der Waals surface area contributed by atoms with Crippen LogP contribution in [0.4, 0.5) is 0 Å². The molecule has 0 aromatic carbocycles. The second-order valence-electron chi connectivity index (χ2n) is 3.28. The Balaban J connectivity index is 1.98. The lowest BCUT2D eigenvalue weighted by molar-refractivity contribution is -0.142. The molecule has 0 bridgehead atoms. The van der Waals surface area contributed by atoms with Crippen molar-refractivity contribution < 1.29 is 9.53 Å². The molecular formula is C9H13N3O2. The Morgan fingerprint density at radius 3 is 3.07 bits per heavy atom. The van der Waals surface area contributed by atoms with Crippen LogP contribution in [0, 0.1) is 0 Å². The van der Waals surface area contributed by atoms with Crippen molar-refractivity contribution in [2.45, 2.75) is 18.5 Å². The standard InChI is InChI=1S/C9H13N3O2/c1-14-9(13)8-5-7(11-12-8)6-3-2-4-10-6/h2-4,7-8,10-12H,5H2,1H3. The molecule has 2 atom stereocenters. The largest absolute Gasteiger partial charge is 0.468 e. The molecule has 1 aromatic rings. The van der Waals surface area contributed by atoms with Crippen LogP contribution in [0.2, 0.25) is 0 Å². The van der Waals surface area contributed by atoms with E-state index in [1.807, 2.05) is 18.3 Å². The van der Waals surface area contributed by atoms with Gasteiger partial charge in [-0.05, 0) is 18.6 Å². The van der Waals surface area contributed by atoms with E-state index in [1.165, 1.54) is 7.11 Å². The molecule has 0 radical (unpaired) electrons. The molecule has 14 heavy (non-hydrogen) atoms. The second kappa shape index (κ2) is 3.81. The number of ether oxygens (including phenoxy) is 1. The van der Waals surface area contributed by atoms with E-state index < -0.39 is 0 Å². The number of carbonyl (C=O) groups is 1. The van der Waals surface area contributed by atoms with Gasteiger partial charge in [-0.1, -0.05) is 0 Å². The predicted octanol–water partition coefficient (Wildman–Crippen LogP) is 0.0953. The molecule has 3 N–H and O–H groups in total. The van der Waals surface area contributed by atoms with Crippen molar-refractivity contribution in [3.8, 4) is 0 Å². The number of hydrazine groups is 1. The maximum atomic E-state index is 11.2. The maximum Gasteiger partial charge on any atom is 0.324 e. The summed E-state index contributed by atoms with van der Waals surface area (Å²) >= 11 is 0. The van der Waals surface area contributed by atoms with Crippen LogP contribution in [0.1, 0.15) is 18.2 Å². The lowest BCUT2D eigenvalue weighted by Crippen LogP contribution is -2.36. The summed E-state index contributed by atoms with van der Waals surface area (Å²) in [4.78, 5) is 14.3. The zero-order valence-corrected chi connectivity index (χ0v) is 7.91. The Bertz CT molecular complexity index is 310. The third-order valence-corrected chi connectivity index (χ3v) is 2.39. The van der Waals surface area contributed by atoms with Gasteiger partial charge in [0.1, 0.15) is 6.04 Å². The fourth-order valence-corrected chi connectivity index (χ4v) is 1.62. The average Bonchev–Trinajstić information content (AvgIpc) is 2.86. The van der Waals surface area contributed by atoms with Crippen molar-refractivity contribution in [3.05, 3.63) is 24.0 Å². The third kappa shape index (κ3) is 1.64. The van der Waals surface area contributed by atoms with Crippen LogP contribution in [-0.2, 0) is 9.53 Å². The summed E-state index contributed by atoms with van der Waals surface area (Å²) in [5.74, 6) is -0.230. The van der Waals surface area contributed by atoms with Crippen LogP contribution in [0.25, 0.3) is 0 Å². The van der Waals surface area contributed by atoms with Crippen molar-refractivity contribution in [1.82, 2.24) is 15.8 Å². The summed E-state index contributed by atoms with van der Waals surface area (Å²) in [6.45, 7) is 0. The molecule has 1 saturated heterocycles. The van der Waals surface area contributed by atoms with Crippen molar-refractivity contribution in [2.75, 3.05) is 7.11 Å². The summed E-state index contributed by atoms with van der Waals surface area (Å²) in [5.41, 5.74) is 7.02. The highest BCUT2D eigenvalue weighted by molar-refractivity contribution is 5.76. The first kappa shape index (κ1) is 9.23. The van der Waals surface area contributed by atoms with E-state index in [2.05, 4.69) is 20.6 Å². The normalized spacial score (nSPS) is 26.4. The molecular weight excluding hydrogens is 182 g/mol. The van der Waals surface area contributed by atoms with E-state index in [9.17, 15) is 4.79 Å². The van der Waals surface area contributed by atoms with Gasteiger partial charge in [0, 0.05) is 11.9 Å². The van der Waals surface area contributed by atoms with Gasteiger partial charge in [0.15, 0.2) is 0 Å². The number of aromatic amines is 1. The van der Waals surface area contributed by atoms with E-state index in [0.717, 1.165) is 5.69 Å². The van der Waals surface area contributed by atoms with Gasteiger partial charge in [-0.2, -0.15) is 0 Å². The van der Waals surface area contributed by atoms with E-state index in [1.54, 1.807) is 0 Å². The Kier molecular flexibility index (Phi) is 2.51. The summed E-state index contributed by atoms with van der Waals surface area (Å²) in [6.07, 6.45) is 2.57. The lowest BCUT2D eigenvalue weighted by Gasteiger charge is -2.05. The molecule has 5 nitrogen and oxygen atoms in total. The molecule has 0 saturated carbocycles. The van der Waals surface area contributed by atoms with Gasteiger partial charge in [0.05, 0.1) is 13.2 Å². The molecule has 0 aliphatic carbocycles. The van der Waals surface area contributed by atoms with Crippen molar-refractivity contribution >= 4 is 5.97 Å². The summed E-state index contributed by atoms with van der Waals surface area (Å²) in [7, 11) is 1.39. The quantitative estimate of drug-likeness (QED) is 0.585. The molecule has 2 rings (SSSR count). The van der Waals surface area contributed by atoms with E-state index in [4.69, 9.17) is 0 Å². The molecule has 2 unspecified atom stereocenters. The molecule has 2 heterocycles. The minimum atomic E-state index is -0.256. The molecule has 5 heteroatoms. The number of hydrogen-bond donors (Lipinski definition) is 3.